The van der Waals surface area contributed by atoms with Crippen LogP contribution in [0, 0.1) is 0 Å². The van der Waals surface area contributed by atoms with Gasteiger partial charge in [-0.2, -0.15) is 0 Å². The fourth-order valence-corrected chi connectivity index (χ4v) is 3.46. The lowest BCUT2D eigenvalue weighted by Crippen LogP contribution is -2.29. The SMILES string of the molecule is CC(C)(Cn1cc(-c2ccc(B(O)O)cc2)nn1)c1c[nH]c2ccccc12. The Bertz CT molecular complexity index is 1070. The van der Waals surface area contributed by atoms with Crippen molar-refractivity contribution in [1.82, 2.24) is 20.0 Å². The fourth-order valence-electron chi connectivity index (χ4n) is 3.46. The van der Waals surface area contributed by atoms with E-state index < -0.39 is 7.12 Å². The van der Waals surface area contributed by atoms with Gasteiger partial charge in [0.1, 0.15) is 5.69 Å². The van der Waals surface area contributed by atoms with Gasteiger partial charge in [0, 0.05) is 28.1 Å². The fraction of sp³-hybridized carbons (Fsp3) is 0.200. The summed E-state index contributed by atoms with van der Waals surface area (Å²) in [5.74, 6) is 0. The first-order chi connectivity index (χ1) is 12.9. The van der Waals surface area contributed by atoms with E-state index >= 15 is 0 Å². The van der Waals surface area contributed by atoms with Gasteiger partial charge in [0.2, 0.25) is 0 Å². The molecule has 2 aromatic heterocycles. The highest BCUT2D eigenvalue weighted by atomic mass is 16.4. The van der Waals surface area contributed by atoms with Gasteiger partial charge in [-0.1, -0.05) is 61.5 Å². The minimum Gasteiger partial charge on any atom is -0.423 e. The van der Waals surface area contributed by atoms with Crippen LogP contribution in [0.1, 0.15) is 19.4 Å². The van der Waals surface area contributed by atoms with Crippen molar-refractivity contribution in [2.24, 2.45) is 0 Å². The maximum Gasteiger partial charge on any atom is 0.488 e. The van der Waals surface area contributed by atoms with Crippen LogP contribution in [0.4, 0.5) is 0 Å². The molecule has 0 atom stereocenters. The van der Waals surface area contributed by atoms with Crippen molar-refractivity contribution >= 4 is 23.5 Å². The summed E-state index contributed by atoms with van der Waals surface area (Å²) in [7, 11) is -1.47. The smallest absolute Gasteiger partial charge is 0.423 e. The Labute approximate surface area is 157 Å². The number of nitrogens with zero attached hydrogens (tertiary/aromatic N) is 3. The van der Waals surface area contributed by atoms with Gasteiger partial charge in [-0.3, -0.25) is 4.68 Å². The van der Waals surface area contributed by atoms with Gasteiger partial charge in [0.25, 0.3) is 0 Å². The van der Waals surface area contributed by atoms with Crippen molar-refractivity contribution in [1.29, 1.82) is 0 Å². The molecule has 0 aliphatic carbocycles. The highest BCUT2D eigenvalue weighted by Crippen LogP contribution is 2.31. The first kappa shape index (κ1) is 17.5. The molecular formula is C20H21BN4O2. The Morgan fingerprint density at radius 2 is 1.81 bits per heavy atom. The molecule has 4 rings (SSSR count). The molecule has 0 saturated carbocycles. The summed E-state index contributed by atoms with van der Waals surface area (Å²) in [5, 5.41) is 28.2. The molecule has 0 amide bonds. The minimum atomic E-state index is -1.47. The van der Waals surface area contributed by atoms with Gasteiger partial charge >= 0.3 is 7.12 Å². The van der Waals surface area contributed by atoms with Crippen molar-refractivity contribution in [3.8, 4) is 11.3 Å². The Morgan fingerprint density at radius 3 is 2.56 bits per heavy atom. The average molecular weight is 360 g/mol. The summed E-state index contributed by atoms with van der Waals surface area (Å²) in [5.41, 5.74) is 4.34. The second-order valence-electron chi connectivity index (χ2n) is 7.43. The number of H-pyrrole nitrogens is 1. The molecule has 0 fully saturated rings. The Kier molecular flexibility index (Phi) is 4.33. The zero-order valence-electron chi connectivity index (χ0n) is 15.3. The summed E-state index contributed by atoms with van der Waals surface area (Å²) in [6.07, 6.45) is 3.99. The molecule has 2 heterocycles. The molecule has 0 saturated heterocycles. The summed E-state index contributed by atoms with van der Waals surface area (Å²) in [6.45, 7) is 5.08. The topological polar surface area (TPSA) is 87.0 Å². The first-order valence-electron chi connectivity index (χ1n) is 8.87. The van der Waals surface area contributed by atoms with E-state index in [0.29, 0.717) is 12.0 Å². The van der Waals surface area contributed by atoms with Crippen molar-refractivity contribution in [3.05, 3.63) is 66.5 Å². The number of para-hydroxylation sites is 1. The lowest BCUT2D eigenvalue weighted by Gasteiger charge is -2.24. The second kappa shape index (κ2) is 6.68. The van der Waals surface area contributed by atoms with E-state index in [-0.39, 0.29) is 5.41 Å². The second-order valence-corrected chi connectivity index (χ2v) is 7.43. The van der Waals surface area contributed by atoms with E-state index in [1.54, 1.807) is 12.1 Å². The van der Waals surface area contributed by atoms with E-state index in [1.807, 2.05) is 29.1 Å². The van der Waals surface area contributed by atoms with E-state index in [2.05, 4.69) is 53.5 Å². The lowest BCUT2D eigenvalue weighted by atomic mass is 9.80. The summed E-state index contributed by atoms with van der Waals surface area (Å²) >= 11 is 0. The van der Waals surface area contributed by atoms with E-state index in [1.165, 1.54) is 10.9 Å². The van der Waals surface area contributed by atoms with Gasteiger partial charge < -0.3 is 15.0 Å². The molecular weight excluding hydrogens is 339 g/mol. The number of aromatic nitrogens is 4. The van der Waals surface area contributed by atoms with Crippen LogP contribution in [-0.4, -0.2) is 37.1 Å². The van der Waals surface area contributed by atoms with Crippen LogP contribution >= 0.6 is 0 Å². The molecule has 3 N–H and O–H groups in total. The Balaban J connectivity index is 1.58. The molecule has 4 aromatic rings. The number of aromatic amines is 1. The summed E-state index contributed by atoms with van der Waals surface area (Å²) < 4.78 is 1.85. The molecule has 0 radical (unpaired) electrons. The quantitative estimate of drug-likeness (QED) is 0.476. The molecule has 0 aliphatic heterocycles. The molecule has 7 heteroatoms. The predicted octanol–water partition coefficient (Wildman–Crippen LogP) is 2.08. The molecule has 136 valence electrons. The van der Waals surface area contributed by atoms with Crippen molar-refractivity contribution < 1.29 is 10.0 Å². The molecule has 0 bridgehead atoms. The normalized spacial score (nSPS) is 11.9. The van der Waals surface area contributed by atoms with Crippen LogP contribution in [0.25, 0.3) is 22.2 Å². The third-order valence-corrected chi connectivity index (χ3v) is 4.92. The van der Waals surface area contributed by atoms with Crippen LogP contribution in [0.3, 0.4) is 0 Å². The zero-order valence-corrected chi connectivity index (χ0v) is 15.3. The average Bonchev–Trinajstić information content (AvgIpc) is 3.28. The van der Waals surface area contributed by atoms with Crippen LogP contribution in [0.2, 0.25) is 0 Å². The van der Waals surface area contributed by atoms with E-state index in [0.717, 1.165) is 16.8 Å². The molecule has 27 heavy (non-hydrogen) atoms. The molecule has 6 nitrogen and oxygen atoms in total. The van der Waals surface area contributed by atoms with Crippen LogP contribution < -0.4 is 5.46 Å². The van der Waals surface area contributed by atoms with Crippen molar-refractivity contribution in [2.45, 2.75) is 25.8 Å². The van der Waals surface area contributed by atoms with Crippen LogP contribution in [0.15, 0.2) is 60.9 Å². The number of benzene rings is 2. The van der Waals surface area contributed by atoms with Crippen molar-refractivity contribution in [2.75, 3.05) is 0 Å². The number of nitrogens with one attached hydrogen (secondary N) is 1. The predicted molar refractivity (Wildman–Crippen MR) is 107 cm³/mol. The number of hydrogen-bond donors (Lipinski definition) is 3. The third kappa shape index (κ3) is 3.39. The summed E-state index contributed by atoms with van der Waals surface area (Å²) in [4.78, 5) is 3.34. The summed E-state index contributed by atoms with van der Waals surface area (Å²) in [6, 6.07) is 15.3. The number of hydrogen-bond acceptors (Lipinski definition) is 4. The standard InChI is InChI=1S/C20H21BN4O2/c1-20(2,17-11-22-18-6-4-3-5-16(17)18)13-25-12-19(23-24-25)14-7-9-15(10-8-14)21(26)27/h3-12,22,26-27H,13H2,1-2H3. The maximum atomic E-state index is 9.20. The monoisotopic (exact) mass is 360 g/mol. The molecule has 0 unspecified atom stereocenters. The highest BCUT2D eigenvalue weighted by Gasteiger charge is 2.25. The minimum absolute atomic E-state index is 0.130. The molecule has 2 aromatic carbocycles. The Hall–Kier alpha value is -2.90. The van der Waals surface area contributed by atoms with Crippen molar-refractivity contribution in [3.63, 3.8) is 0 Å². The lowest BCUT2D eigenvalue weighted by molar-refractivity contribution is 0.404. The van der Waals surface area contributed by atoms with E-state index in [4.69, 9.17) is 0 Å². The molecule has 0 aliphatic rings. The van der Waals surface area contributed by atoms with Gasteiger partial charge in [0.15, 0.2) is 0 Å². The van der Waals surface area contributed by atoms with Gasteiger partial charge in [-0.15, -0.1) is 5.10 Å². The van der Waals surface area contributed by atoms with E-state index in [9.17, 15) is 10.0 Å². The zero-order chi connectivity index (χ0) is 19.0. The largest absolute Gasteiger partial charge is 0.488 e. The van der Waals surface area contributed by atoms with Gasteiger partial charge in [-0.25, -0.2) is 0 Å². The first-order valence-corrected chi connectivity index (χ1v) is 8.87. The highest BCUT2D eigenvalue weighted by molar-refractivity contribution is 6.58. The van der Waals surface area contributed by atoms with Gasteiger partial charge in [0.05, 0.1) is 12.7 Å². The maximum absolute atomic E-state index is 9.20. The Morgan fingerprint density at radius 1 is 1.07 bits per heavy atom. The van der Waals surface area contributed by atoms with Crippen LogP contribution in [0.5, 0.6) is 0 Å². The van der Waals surface area contributed by atoms with Crippen LogP contribution in [-0.2, 0) is 12.0 Å². The molecule has 0 spiro atoms. The van der Waals surface area contributed by atoms with Gasteiger partial charge in [-0.05, 0) is 17.1 Å². The third-order valence-electron chi connectivity index (χ3n) is 4.92. The number of rotatable bonds is 5. The number of fused-ring (bicyclic) bond motifs is 1.